The van der Waals surface area contributed by atoms with E-state index < -0.39 is 0 Å². The van der Waals surface area contributed by atoms with E-state index >= 15 is 0 Å². The third-order valence-corrected chi connectivity index (χ3v) is 5.63. The fraction of sp³-hybridized carbons (Fsp3) is 0.333. The molecule has 4 rings (SSSR count). The number of nitrogens with one attached hydrogen (secondary N) is 1. The van der Waals surface area contributed by atoms with Crippen molar-refractivity contribution in [3.8, 4) is 0 Å². The normalized spacial score (nSPS) is 16.0. The lowest BCUT2D eigenvalue weighted by Crippen LogP contribution is -2.32. The van der Waals surface area contributed by atoms with Crippen LogP contribution in [-0.4, -0.2) is 35.0 Å². The standard InChI is InChI=1S/C24H26ClN3O3/c25-21-11-5-4-9-19(21)15-28(14-18-7-2-1-3-8-18)16-23-27-22(17-31-23)24(29)26-13-20-10-6-12-30-20/h1-5,7-9,11,17,20H,6,10,12-16H2,(H,26,29)/t20-/m0/s1. The van der Waals surface area contributed by atoms with Crippen LogP contribution in [0.3, 0.4) is 0 Å². The number of ether oxygens (including phenoxy) is 1. The molecule has 1 saturated heterocycles. The molecule has 1 fully saturated rings. The largest absolute Gasteiger partial charge is 0.447 e. The zero-order valence-corrected chi connectivity index (χ0v) is 18.1. The first kappa shape index (κ1) is 21.6. The molecule has 1 amide bonds. The monoisotopic (exact) mass is 439 g/mol. The maximum atomic E-state index is 12.4. The summed E-state index contributed by atoms with van der Waals surface area (Å²) in [6, 6.07) is 18.0. The topological polar surface area (TPSA) is 67.6 Å². The number of amides is 1. The van der Waals surface area contributed by atoms with Gasteiger partial charge in [0, 0.05) is 31.3 Å². The number of hydrogen-bond donors (Lipinski definition) is 1. The molecule has 0 bridgehead atoms. The van der Waals surface area contributed by atoms with E-state index in [9.17, 15) is 4.79 Å². The molecule has 0 saturated carbocycles. The Morgan fingerprint density at radius 1 is 1.10 bits per heavy atom. The van der Waals surface area contributed by atoms with Crippen LogP contribution in [0.1, 0.15) is 40.3 Å². The molecule has 31 heavy (non-hydrogen) atoms. The second-order valence-electron chi connectivity index (χ2n) is 7.69. The maximum Gasteiger partial charge on any atom is 0.273 e. The van der Waals surface area contributed by atoms with Crippen molar-refractivity contribution in [2.45, 2.75) is 38.6 Å². The quantitative estimate of drug-likeness (QED) is 0.534. The van der Waals surface area contributed by atoms with Gasteiger partial charge in [-0.05, 0) is 30.0 Å². The molecule has 6 nitrogen and oxygen atoms in total. The summed E-state index contributed by atoms with van der Waals surface area (Å²) >= 11 is 6.38. The van der Waals surface area contributed by atoms with E-state index in [2.05, 4.69) is 27.3 Å². The lowest BCUT2D eigenvalue weighted by atomic mass is 10.1. The van der Waals surface area contributed by atoms with Crippen molar-refractivity contribution in [2.24, 2.45) is 0 Å². The number of hydrogen-bond acceptors (Lipinski definition) is 5. The van der Waals surface area contributed by atoms with E-state index in [0.29, 0.717) is 32.1 Å². The van der Waals surface area contributed by atoms with Crippen molar-refractivity contribution in [3.05, 3.63) is 88.6 Å². The van der Waals surface area contributed by atoms with E-state index in [4.69, 9.17) is 20.8 Å². The van der Waals surface area contributed by atoms with Crippen molar-refractivity contribution < 1.29 is 13.9 Å². The minimum atomic E-state index is -0.244. The van der Waals surface area contributed by atoms with Gasteiger partial charge in [0.05, 0.1) is 12.6 Å². The van der Waals surface area contributed by atoms with Gasteiger partial charge >= 0.3 is 0 Å². The van der Waals surface area contributed by atoms with E-state index in [-0.39, 0.29) is 17.7 Å². The van der Waals surface area contributed by atoms with Gasteiger partial charge in [-0.2, -0.15) is 0 Å². The molecule has 0 radical (unpaired) electrons. The molecular formula is C24H26ClN3O3. The van der Waals surface area contributed by atoms with E-state index in [0.717, 1.165) is 30.0 Å². The number of nitrogens with zero attached hydrogens (tertiary/aromatic N) is 2. The molecule has 162 valence electrons. The van der Waals surface area contributed by atoms with Crippen LogP contribution in [0.4, 0.5) is 0 Å². The second-order valence-corrected chi connectivity index (χ2v) is 8.10. The maximum absolute atomic E-state index is 12.4. The van der Waals surface area contributed by atoms with Crippen molar-refractivity contribution in [1.29, 1.82) is 0 Å². The van der Waals surface area contributed by atoms with Gasteiger partial charge in [-0.1, -0.05) is 60.1 Å². The number of benzene rings is 2. The van der Waals surface area contributed by atoms with Gasteiger partial charge in [-0.3, -0.25) is 9.69 Å². The van der Waals surface area contributed by atoms with Crippen LogP contribution in [0.2, 0.25) is 5.02 Å². The Kier molecular flexibility index (Phi) is 7.35. The van der Waals surface area contributed by atoms with E-state index in [1.54, 1.807) is 0 Å². The number of rotatable bonds is 9. The summed E-state index contributed by atoms with van der Waals surface area (Å²) < 4.78 is 11.2. The molecule has 7 heteroatoms. The van der Waals surface area contributed by atoms with Gasteiger partial charge in [-0.25, -0.2) is 4.98 Å². The average molecular weight is 440 g/mol. The summed E-state index contributed by atoms with van der Waals surface area (Å²) in [6.07, 6.45) is 3.52. The van der Waals surface area contributed by atoms with Crippen LogP contribution >= 0.6 is 11.6 Å². The van der Waals surface area contributed by atoms with Gasteiger partial charge in [-0.15, -0.1) is 0 Å². The molecule has 0 aliphatic carbocycles. The van der Waals surface area contributed by atoms with Gasteiger partial charge < -0.3 is 14.5 Å². The summed E-state index contributed by atoms with van der Waals surface area (Å²) in [6.45, 7) is 3.05. The predicted molar refractivity (Wildman–Crippen MR) is 119 cm³/mol. The first-order valence-electron chi connectivity index (χ1n) is 10.5. The molecule has 1 aliphatic heterocycles. The number of aromatic nitrogens is 1. The smallest absolute Gasteiger partial charge is 0.273 e. The number of oxazole rings is 1. The van der Waals surface area contributed by atoms with Crippen molar-refractivity contribution in [3.63, 3.8) is 0 Å². The molecule has 1 atom stereocenters. The van der Waals surface area contributed by atoms with Gasteiger partial charge in [0.2, 0.25) is 5.89 Å². The number of halogens is 1. The van der Waals surface area contributed by atoms with Crippen molar-refractivity contribution in [1.82, 2.24) is 15.2 Å². The first-order valence-corrected chi connectivity index (χ1v) is 10.9. The van der Waals surface area contributed by atoms with Gasteiger partial charge in [0.15, 0.2) is 5.69 Å². The molecule has 1 aromatic heterocycles. The van der Waals surface area contributed by atoms with Crippen LogP contribution in [0.25, 0.3) is 0 Å². The second kappa shape index (κ2) is 10.6. The Morgan fingerprint density at radius 3 is 2.68 bits per heavy atom. The predicted octanol–water partition coefficient (Wildman–Crippen LogP) is 4.44. The molecular weight excluding hydrogens is 414 g/mol. The molecule has 1 aliphatic rings. The zero-order valence-electron chi connectivity index (χ0n) is 17.3. The molecule has 0 spiro atoms. The Hall–Kier alpha value is -2.67. The average Bonchev–Trinajstić information content (AvgIpc) is 3.47. The molecule has 1 N–H and O–H groups in total. The highest BCUT2D eigenvalue weighted by atomic mass is 35.5. The zero-order chi connectivity index (χ0) is 21.5. The van der Waals surface area contributed by atoms with E-state index in [1.807, 2.05) is 42.5 Å². The van der Waals surface area contributed by atoms with Gasteiger partial charge in [0.25, 0.3) is 5.91 Å². The lowest BCUT2D eigenvalue weighted by molar-refractivity contribution is 0.0853. The summed E-state index contributed by atoms with van der Waals surface area (Å²) in [5.74, 6) is 0.247. The molecule has 2 aromatic carbocycles. The van der Waals surface area contributed by atoms with Crippen molar-refractivity contribution >= 4 is 17.5 Å². The van der Waals surface area contributed by atoms with Gasteiger partial charge in [0.1, 0.15) is 6.26 Å². The summed E-state index contributed by atoms with van der Waals surface area (Å²) in [5.41, 5.74) is 2.49. The van der Waals surface area contributed by atoms with Crippen LogP contribution < -0.4 is 5.32 Å². The third kappa shape index (κ3) is 6.17. The highest BCUT2D eigenvalue weighted by molar-refractivity contribution is 6.31. The third-order valence-electron chi connectivity index (χ3n) is 5.26. The Bertz CT molecular complexity index is 986. The summed E-state index contributed by atoms with van der Waals surface area (Å²) in [4.78, 5) is 19.0. The fourth-order valence-corrected chi connectivity index (χ4v) is 3.85. The number of carbonyl (C=O) groups is 1. The van der Waals surface area contributed by atoms with Crippen LogP contribution in [0, 0.1) is 0 Å². The summed E-state index contributed by atoms with van der Waals surface area (Å²) in [7, 11) is 0. The van der Waals surface area contributed by atoms with Crippen molar-refractivity contribution in [2.75, 3.05) is 13.2 Å². The first-order chi connectivity index (χ1) is 15.2. The molecule has 3 aromatic rings. The van der Waals surface area contributed by atoms with Crippen LogP contribution in [-0.2, 0) is 24.4 Å². The minimum absolute atomic E-state index is 0.0901. The highest BCUT2D eigenvalue weighted by Crippen LogP contribution is 2.20. The van der Waals surface area contributed by atoms with Crippen LogP contribution in [0.5, 0.6) is 0 Å². The minimum Gasteiger partial charge on any atom is -0.447 e. The summed E-state index contributed by atoms with van der Waals surface area (Å²) in [5, 5.41) is 3.60. The Balaban J connectivity index is 1.42. The van der Waals surface area contributed by atoms with Crippen LogP contribution in [0.15, 0.2) is 65.3 Å². The van der Waals surface area contributed by atoms with E-state index in [1.165, 1.54) is 11.8 Å². The lowest BCUT2D eigenvalue weighted by Gasteiger charge is -2.21. The molecule has 2 heterocycles. The Labute approximate surface area is 187 Å². The Morgan fingerprint density at radius 2 is 1.90 bits per heavy atom. The SMILES string of the molecule is O=C(NC[C@@H]1CCCO1)c1coc(CN(Cc2ccccc2)Cc2ccccc2Cl)n1. The molecule has 0 unspecified atom stereocenters. The number of carbonyl (C=O) groups excluding carboxylic acids is 1. The highest BCUT2D eigenvalue weighted by Gasteiger charge is 2.19. The fourth-order valence-electron chi connectivity index (χ4n) is 3.66.